The fourth-order valence-corrected chi connectivity index (χ4v) is 3.52. The van der Waals surface area contributed by atoms with Crippen LogP contribution in [-0.2, 0) is 5.75 Å². The Kier molecular flexibility index (Phi) is 5.68. The minimum Gasteiger partial charge on any atom is -0.297 e. The zero-order valence-corrected chi connectivity index (χ0v) is 15.2. The van der Waals surface area contributed by atoms with Crippen molar-refractivity contribution in [3.8, 4) is 0 Å². The molecule has 3 aromatic rings. The fraction of sp³-hybridized carbons (Fsp3) is 0.0667. The molecule has 1 N–H and O–H groups in total. The van der Waals surface area contributed by atoms with Crippen LogP contribution in [0.1, 0.15) is 15.9 Å². The van der Waals surface area contributed by atoms with Crippen LogP contribution < -0.4 is 5.32 Å². The normalized spacial score (nSPS) is 10.6. The topological polar surface area (TPSA) is 67.8 Å². The van der Waals surface area contributed by atoms with Crippen LogP contribution >= 0.6 is 46.5 Å². The van der Waals surface area contributed by atoms with Crippen LogP contribution in [0.4, 0.5) is 5.13 Å². The molecule has 5 nitrogen and oxygen atoms in total. The van der Waals surface area contributed by atoms with E-state index in [4.69, 9.17) is 23.2 Å². The van der Waals surface area contributed by atoms with E-state index in [-0.39, 0.29) is 16.1 Å². The molecule has 0 aliphatic carbocycles. The second-order valence-electron chi connectivity index (χ2n) is 4.61. The number of hydrogen-bond acceptors (Lipinski definition) is 6. The van der Waals surface area contributed by atoms with Gasteiger partial charge in [0.2, 0.25) is 10.3 Å². The Labute approximate surface area is 156 Å². The molecule has 1 amide bonds. The van der Waals surface area contributed by atoms with Crippen LogP contribution in [0.5, 0.6) is 0 Å². The summed E-state index contributed by atoms with van der Waals surface area (Å²) in [6, 6.07) is 11.5. The van der Waals surface area contributed by atoms with Crippen molar-refractivity contribution in [2.45, 2.75) is 10.9 Å². The molecular weight excluding hydrogens is 387 g/mol. The van der Waals surface area contributed by atoms with E-state index in [9.17, 15) is 4.79 Å². The summed E-state index contributed by atoms with van der Waals surface area (Å²) in [5, 5.41) is 4.09. The van der Waals surface area contributed by atoms with Crippen molar-refractivity contribution in [3.05, 3.63) is 63.9 Å². The van der Waals surface area contributed by atoms with Crippen LogP contribution in [0.3, 0.4) is 0 Å². The largest absolute Gasteiger partial charge is 0.297 e. The zero-order valence-electron chi connectivity index (χ0n) is 12.1. The number of carbonyl (C=O) groups is 1. The number of aromatic nitrogens is 3. The molecule has 122 valence electrons. The van der Waals surface area contributed by atoms with Gasteiger partial charge < -0.3 is 0 Å². The molecule has 2 aromatic heterocycles. The Morgan fingerprint density at radius 2 is 2.04 bits per heavy atom. The highest BCUT2D eigenvalue weighted by Gasteiger charge is 2.12. The quantitative estimate of drug-likeness (QED) is 0.496. The minimum atomic E-state index is -0.364. The highest BCUT2D eigenvalue weighted by molar-refractivity contribution is 7.98. The number of rotatable bonds is 5. The molecule has 0 radical (unpaired) electrons. The summed E-state index contributed by atoms with van der Waals surface area (Å²) in [5.41, 5.74) is 1.49. The number of nitrogens with one attached hydrogen (secondary N) is 1. The molecule has 0 saturated heterocycles. The Balaban J connectivity index is 1.61. The number of thioether (sulfide) groups is 1. The van der Waals surface area contributed by atoms with Gasteiger partial charge in [0, 0.05) is 23.5 Å². The van der Waals surface area contributed by atoms with E-state index in [0.717, 1.165) is 17.3 Å². The van der Waals surface area contributed by atoms with Gasteiger partial charge in [-0.3, -0.25) is 10.1 Å². The summed E-state index contributed by atoms with van der Waals surface area (Å²) >= 11 is 14.2. The van der Waals surface area contributed by atoms with Crippen molar-refractivity contribution in [1.29, 1.82) is 0 Å². The first-order chi connectivity index (χ1) is 11.6. The lowest BCUT2D eigenvalue weighted by Gasteiger charge is -2.02. The molecule has 9 heteroatoms. The van der Waals surface area contributed by atoms with E-state index < -0.39 is 0 Å². The highest BCUT2D eigenvalue weighted by atomic mass is 35.5. The Bertz CT molecular complexity index is 858. The lowest BCUT2D eigenvalue weighted by atomic mass is 10.2. The van der Waals surface area contributed by atoms with Gasteiger partial charge in [-0.15, -0.1) is 0 Å². The van der Waals surface area contributed by atoms with Gasteiger partial charge in [-0.2, -0.15) is 9.36 Å². The number of benzene rings is 1. The first-order valence-electron chi connectivity index (χ1n) is 6.74. The van der Waals surface area contributed by atoms with Gasteiger partial charge in [0.25, 0.3) is 5.91 Å². The fourth-order valence-electron chi connectivity index (χ4n) is 1.76. The predicted octanol–water partition coefficient (Wildman–Crippen LogP) is 4.78. The van der Waals surface area contributed by atoms with Crippen molar-refractivity contribution in [2.24, 2.45) is 0 Å². The summed E-state index contributed by atoms with van der Waals surface area (Å²) < 4.78 is 4.23. The maximum Gasteiger partial charge on any atom is 0.259 e. The third-order valence-electron chi connectivity index (χ3n) is 2.90. The predicted molar refractivity (Wildman–Crippen MR) is 98.1 cm³/mol. The summed E-state index contributed by atoms with van der Waals surface area (Å²) in [5.74, 6) is 0.401. The Hall–Kier alpha value is -1.67. The number of nitrogens with zero attached hydrogens (tertiary/aromatic N) is 3. The second kappa shape index (κ2) is 7.94. The van der Waals surface area contributed by atoms with Crippen LogP contribution in [0.2, 0.25) is 10.2 Å². The minimum absolute atomic E-state index is 0.156. The van der Waals surface area contributed by atoms with Gasteiger partial charge >= 0.3 is 0 Å². The number of pyridine rings is 1. The maximum atomic E-state index is 12.1. The first kappa shape index (κ1) is 17.2. The van der Waals surface area contributed by atoms with E-state index in [1.807, 2.05) is 30.3 Å². The number of carbonyl (C=O) groups excluding carboxylic acids is 1. The third kappa shape index (κ3) is 4.45. The van der Waals surface area contributed by atoms with Crippen molar-refractivity contribution in [2.75, 3.05) is 5.32 Å². The van der Waals surface area contributed by atoms with Crippen molar-refractivity contribution in [1.82, 2.24) is 14.3 Å². The molecule has 0 aliphatic heterocycles. The molecule has 0 fully saturated rings. The highest BCUT2D eigenvalue weighted by Crippen LogP contribution is 2.24. The van der Waals surface area contributed by atoms with E-state index in [1.54, 1.807) is 0 Å². The molecule has 0 aliphatic rings. The molecule has 0 saturated carbocycles. The van der Waals surface area contributed by atoms with Crippen LogP contribution in [0, 0.1) is 0 Å². The van der Waals surface area contributed by atoms with Gasteiger partial charge in [0.05, 0.1) is 10.6 Å². The van der Waals surface area contributed by atoms with Gasteiger partial charge in [0.15, 0.2) is 0 Å². The molecular formula is C15H10Cl2N4OS2. The van der Waals surface area contributed by atoms with Crippen molar-refractivity contribution >= 4 is 57.5 Å². The molecule has 0 spiro atoms. The molecule has 1 aromatic carbocycles. The van der Waals surface area contributed by atoms with Crippen molar-refractivity contribution in [3.63, 3.8) is 0 Å². The van der Waals surface area contributed by atoms with Crippen molar-refractivity contribution < 1.29 is 4.79 Å². The average molecular weight is 397 g/mol. The summed E-state index contributed by atoms with van der Waals surface area (Å²) in [6.45, 7) is 0. The summed E-state index contributed by atoms with van der Waals surface area (Å²) in [4.78, 5) is 20.3. The smallest absolute Gasteiger partial charge is 0.259 e. The van der Waals surface area contributed by atoms with Gasteiger partial charge in [-0.25, -0.2) is 4.98 Å². The van der Waals surface area contributed by atoms with E-state index in [2.05, 4.69) is 19.7 Å². The van der Waals surface area contributed by atoms with Crippen LogP contribution in [0.15, 0.2) is 47.8 Å². The molecule has 0 bridgehead atoms. The SMILES string of the molecule is O=C(Nc1nc(SCc2ccccc2)ns1)c1cnc(Cl)c(Cl)c1. The second-order valence-corrected chi connectivity index (χ2v) is 7.07. The monoisotopic (exact) mass is 396 g/mol. The number of anilines is 1. The van der Waals surface area contributed by atoms with E-state index >= 15 is 0 Å². The van der Waals surface area contributed by atoms with Gasteiger partial charge in [-0.05, 0) is 11.6 Å². The molecule has 2 heterocycles. The molecule has 0 unspecified atom stereocenters. The number of amides is 1. The first-order valence-corrected chi connectivity index (χ1v) is 9.26. The van der Waals surface area contributed by atoms with Gasteiger partial charge in [-0.1, -0.05) is 65.3 Å². The summed E-state index contributed by atoms with van der Waals surface area (Å²) in [7, 11) is 0. The molecule has 3 rings (SSSR count). The Morgan fingerprint density at radius 1 is 1.25 bits per heavy atom. The zero-order chi connectivity index (χ0) is 16.9. The maximum absolute atomic E-state index is 12.1. The van der Waals surface area contributed by atoms with E-state index in [0.29, 0.717) is 15.9 Å². The summed E-state index contributed by atoms with van der Waals surface area (Å²) in [6.07, 6.45) is 1.36. The van der Waals surface area contributed by atoms with Crippen LogP contribution in [-0.4, -0.2) is 20.2 Å². The lowest BCUT2D eigenvalue weighted by molar-refractivity contribution is 0.102. The number of hydrogen-bond donors (Lipinski definition) is 1. The third-order valence-corrected chi connectivity index (χ3v) is 5.25. The standard InChI is InChI=1S/C15H10Cl2N4OS2/c16-11-6-10(7-18-12(11)17)13(22)19-14-20-15(21-24-14)23-8-9-4-2-1-3-5-9/h1-7H,8H2,(H,19,20,21,22). The molecule has 24 heavy (non-hydrogen) atoms. The lowest BCUT2D eigenvalue weighted by Crippen LogP contribution is -2.12. The van der Waals surface area contributed by atoms with Crippen LogP contribution in [0.25, 0.3) is 0 Å². The van der Waals surface area contributed by atoms with E-state index in [1.165, 1.54) is 29.6 Å². The number of halogens is 2. The molecule has 0 atom stereocenters. The average Bonchev–Trinajstić information content (AvgIpc) is 3.04. The Morgan fingerprint density at radius 3 is 2.79 bits per heavy atom. The van der Waals surface area contributed by atoms with Gasteiger partial charge in [0.1, 0.15) is 5.15 Å².